The fraction of sp³-hybridized carbons (Fsp3) is 0.276. The number of fused-ring (bicyclic) bond motifs is 3. The summed E-state index contributed by atoms with van der Waals surface area (Å²) in [6.45, 7) is 6.14. The molecule has 4 atom stereocenters. The van der Waals surface area contributed by atoms with Crippen LogP contribution in [0, 0.1) is 11.8 Å². The van der Waals surface area contributed by atoms with Crippen molar-refractivity contribution in [2.24, 2.45) is 11.8 Å². The molecule has 0 bridgehead atoms. The van der Waals surface area contributed by atoms with Gasteiger partial charge in [-0.25, -0.2) is 0 Å². The Morgan fingerprint density at radius 3 is 2.22 bits per heavy atom. The standard InChI is InChI=1S/C29H29NO2/c1-3-30(4-2)22-16-18-23-25(19-22)32-29(31)28-26(21-13-9-6-10-14-21)24(27(23)28)17-15-20-11-7-5-8-12-20/h5-19,24,26-28H,3-4H2,1-2H3/b17-15+/t24-,26+,27-,28+/m1/s1. The molecule has 0 amide bonds. The number of hydrogen-bond acceptors (Lipinski definition) is 3. The molecule has 3 aromatic rings. The molecule has 0 aromatic heterocycles. The maximum atomic E-state index is 13.2. The van der Waals surface area contributed by atoms with Crippen LogP contribution in [0.2, 0.25) is 0 Å². The van der Waals surface area contributed by atoms with E-state index < -0.39 is 0 Å². The van der Waals surface area contributed by atoms with E-state index in [9.17, 15) is 4.79 Å². The summed E-state index contributed by atoms with van der Waals surface area (Å²) in [6, 6.07) is 27.2. The molecule has 0 unspecified atom stereocenters. The average Bonchev–Trinajstić information content (AvgIpc) is 2.81. The Morgan fingerprint density at radius 2 is 1.53 bits per heavy atom. The lowest BCUT2D eigenvalue weighted by Gasteiger charge is -2.52. The highest BCUT2D eigenvalue weighted by Crippen LogP contribution is 2.62. The molecule has 1 heterocycles. The summed E-state index contributed by atoms with van der Waals surface area (Å²) < 4.78 is 5.92. The maximum Gasteiger partial charge on any atom is 0.315 e. The van der Waals surface area contributed by atoms with E-state index in [0.29, 0.717) is 0 Å². The highest BCUT2D eigenvalue weighted by Gasteiger charge is 2.57. The molecule has 3 aromatic carbocycles. The zero-order chi connectivity index (χ0) is 22.1. The summed E-state index contributed by atoms with van der Waals surface area (Å²) in [7, 11) is 0. The molecule has 0 radical (unpaired) electrons. The number of carbonyl (C=O) groups excluding carboxylic acids is 1. The van der Waals surface area contributed by atoms with Crippen LogP contribution >= 0.6 is 0 Å². The van der Waals surface area contributed by atoms with Gasteiger partial charge in [-0.05, 0) is 42.5 Å². The van der Waals surface area contributed by atoms with Crippen LogP contribution in [0.15, 0.2) is 84.9 Å². The molecule has 2 aliphatic rings. The first kappa shape index (κ1) is 20.6. The number of nitrogens with zero attached hydrogens (tertiary/aromatic N) is 1. The van der Waals surface area contributed by atoms with Gasteiger partial charge in [0.05, 0.1) is 5.92 Å². The Labute approximate surface area is 190 Å². The van der Waals surface area contributed by atoms with Crippen LogP contribution in [-0.2, 0) is 4.79 Å². The number of benzene rings is 3. The normalized spacial score (nSPS) is 23.8. The van der Waals surface area contributed by atoms with E-state index in [4.69, 9.17) is 4.74 Å². The van der Waals surface area contributed by atoms with Crippen molar-refractivity contribution in [3.8, 4) is 5.75 Å². The first-order chi connectivity index (χ1) is 15.7. The molecule has 3 nitrogen and oxygen atoms in total. The lowest BCUT2D eigenvalue weighted by molar-refractivity contribution is -0.148. The predicted molar refractivity (Wildman–Crippen MR) is 130 cm³/mol. The van der Waals surface area contributed by atoms with Gasteiger partial charge in [0.1, 0.15) is 5.75 Å². The Hall–Kier alpha value is -3.33. The number of hydrogen-bond donors (Lipinski definition) is 0. The maximum absolute atomic E-state index is 13.2. The van der Waals surface area contributed by atoms with Gasteiger partial charge in [-0.3, -0.25) is 4.79 Å². The average molecular weight is 424 g/mol. The van der Waals surface area contributed by atoms with Crippen LogP contribution in [0.25, 0.3) is 6.08 Å². The van der Waals surface area contributed by atoms with Crippen molar-refractivity contribution < 1.29 is 9.53 Å². The quantitative estimate of drug-likeness (QED) is 0.345. The number of ether oxygens (including phenoxy) is 1. The van der Waals surface area contributed by atoms with Crippen molar-refractivity contribution in [1.29, 1.82) is 0 Å². The van der Waals surface area contributed by atoms with Gasteiger partial charge in [0, 0.05) is 36.7 Å². The minimum Gasteiger partial charge on any atom is -0.426 e. The van der Waals surface area contributed by atoms with Crippen molar-refractivity contribution >= 4 is 17.7 Å². The second-order valence-corrected chi connectivity index (χ2v) is 8.65. The van der Waals surface area contributed by atoms with Gasteiger partial charge in [-0.1, -0.05) is 78.9 Å². The smallest absolute Gasteiger partial charge is 0.315 e. The Kier molecular flexibility index (Phi) is 5.57. The molecule has 5 rings (SSSR count). The number of carbonyl (C=O) groups is 1. The van der Waals surface area contributed by atoms with Crippen LogP contribution < -0.4 is 9.64 Å². The van der Waals surface area contributed by atoms with E-state index in [0.717, 1.165) is 30.1 Å². The van der Waals surface area contributed by atoms with Crippen molar-refractivity contribution in [3.05, 3.63) is 102 Å². The highest BCUT2D eigenvalue weighted by molar-refractivity contribution is 5.83. The topological polar surface area (TPSA) is 29.5 Å². The SMILES string of the molecule is CCN(CC)c1ccc2c(c1)OC(=O)[C@@H]1[C@H]2[C@H](/C=C/c2ccccc2)[C@@H]1c1ccccc1. The minimum absolute atomic E-state index is 0.0996. The third-order valence-corrected chi connectivity index (χ3v) is 7.07. The number of esters is 1. The summed E-state index contributed by atoms with van der Waals surface area (Å²) in [4.78, 5) is 15.5. The molecule has 32 heavy (non-hydrogen) atoms. The highest BCUT2D eigenvalue weighted by atomic mass is 16.5. The summed E-state index contributed by atoms with van der Waals surface area (Å²) in [5.41, 5.74) is 4.64. The van der Waals surface area contributed by atoms with E-state index in [1.165, 1.54) is 11.1 Å². The molecule has 1 aliphatic carbocycles. The molecular formula is C29H29NO2. The molecule has 1 fully saturated rings. The molecule has 3 heteroatoms. The van der Waals surface area contributed by atoms with Gasteiger partial charge in [0.15, 0.2) is 0 Å². The monoisotopic (exact) mass is 423 g/mol. The van der Waals surface area contributed by atoms with Gasteiger partial charge >= 0.3 is 5.97 Å². The van der Waals surface area contributed by atoms with Crippen LogP contribution in [0.4, 0.5) is 5.69 Å². The third-order valence-electron chi connectivity index (χ3n) is 7.07. The largest absolute Gasteiger partial charge is 0.426 e. The summed E-state index contributed by atoms with van der Waals surface area (Å²) >= 11 is 0. The second kappa shape index (κ2) is 8.66. The zero-order valence-corrected chi connectivity index (χ0v) is 18.6. The fourth-order valence-electron chi connectivity index (χ4n) is 5.45. The van der Waals surface area contributed by atoms with Gasteiger partial charge < -0.3 is 9.64 Å². The first-order valence-electron chi connectivity index (χ1n) is 11.6. The van der Waals surface area contributed by atoms with Crippen molar-refractivity contribution in [2.75, 3.05) is 18.0 Å². The molecule has 1 saturated carbocycles. The van der Waals surface area contributed by atoms with E-state index in [2.05, 4.69) is 91.6 Å². The Morgan fingerprint density at radius 1 is 0.844 bits per heavy atom. The van der Waals surface area contributed by atoms with E-state index in [-0.39, 0.29) is 29.6 Å². The van der Waals surface area contributed by atoms with Gasteiger partial charge in [-0.15, -0.1) is 0 Å². The summed E-state index contributed by atoms with van der Waals surface area (Å²) in [5.74, 6) is 0.997. The molecule has 0 saturated heterocycles. The van der Waals surface area contributed by atoms with Crippen molar-refractivity contribution in [2.45, 2.75) is 25.7 Å². The molecule has 1 aliphatic heterocycles. The van der Waals surface area contributed by atoms with Crippen LogP contribution in [0.5, 0.6) is 5.75 Å². The third kappa shape index (κ3) is 3.52. The Balaban J connectivity index is 1.54. The molecular weight excluding hydrogens is 394 g/mol. The lowest BCUT2D eigenvalue weighted by atomic mass is 9.51. The molecule has 162 valence electrons. The fourth-order valence-corrected chi connectivity index (χ4v) is 5.45. The van der Waals surface area contributed by atoms with E-state index in [1.54, 1.807) is 0 Å². The van der Waals surface area contributed by atoms with E-state index in [1.807, 2.05) is 18.2 Å². The zero-order valence-electron chi connectivity index (χ0n) is 18.6. The summed E-state index contributed by atoms with van der Waals surface area (Å²) in [6.07, 6.45) is 4.50. The second-order valence-electron chi connectivity index (χ2n) is 8.65. The molecule has 0 spiro atoms. The van der Waals surface area contributed by atoms with Gasteiger partial charge in [0.25, 0.3) is 0 Å². The minimum atomic E-state index is -0.144. The molecule has 0 N–H and O–H groups in total. The van der Waals surface area contributed by atoms with Gasteiger partial charge in [-0.2, -0.15) is 0 Å². The number of rotatable bonds is 6. The Bertz CT molecular complexity index is 1120. The van der Waals surface area contributed by atoms with Crippen LogP contribution in [0.1, 0.15) is 42.4 Å². The van der Waals surface area contributed by atoms with Crippen LogP contribution in [0.3, 0.4) is 0 Å². The van der Waals surface area contributed by atoms with Crippen LogP contribution in [-0.4, -0.2) is 19.1 Å². The lowest BCUT2D eigenvalue weighted by Crippen LogP contribution is -2.50. The van der Waals surface area contributed by atoms with E-state index >= 15 is 0 Å². The number of allylic oxidation sites excluding steroid dienone is 1. The summed E-state index contributed by atoms with van der Waals surface area (Å²) in [5, 5.41) is 0. The van der Waals surface area contributed by atoms with Crippen molar-refractivity contribution in [1.82, 2.24) is 0 Å². The first-order valence-corrected chi connectivity index (χ1v) is 11.6. The van der Waals surface area contributed by atoms with Gasteiger partial charge in [0.2, 0.25) is 0 Å². The number of anilines is 1. The predicted octanol–water partition coefficient (Wildman–Crippen LogP) is 6.28. The van der Waals surface area contributed by atoms with Crippen molar-refractivity contribution in [3.63, 3.8) is 0 Å².